The first-order chi connectivity index (χ1) is 16.2. The van der Waals surface area contributed by atoms with Gasteiger partial charge in [0.25, 0.3) is 5.91 Å². The third kappa shape index (κ3) is 6.35. The van der Waals surface area contributed by atoms with Crippen LogP contribution in [0.1, 0.15) is 62.0 Å². The van der Waals surface area contributed by atoms with E-state index in [9.17, 15) is 9.59 Å². The first kappa shape index (κ1) is 26.1. The lowest BCUT2D eigenvalue weighted by molar-refractivity contribution is -0.138. The first-order valence-electron chi connectivity index (χ1n) is 11.0. The summed E-state index contributed by atoms with van der Waals surface area (Å²) >= 11 is 13.7. The zero-order valence-corrected chi connectivity index (χ0v) is 22.0. The van der Waals surface area contributed by atoms with Crippen LogP contribution in [0.25, 0.3) is 11.1 Å². The second-order valence-corrected chi connectivity index (χ2v) is 9.70. The van der Waals surface area contributed by atoms with E-state index in [1.165, 1.54) is 11.8 Å². The Bertz CT molecular complexity index is 1200. The van der Waals surface area contributed by atoms with E-state index in [2.05, 4.69) is 10.7 Å². The Labute approximate surface area is 215 Å². The highest BCUT2D eigenvalue weighted by Crippen LogP contribution is 2.36. The van der Waals surface area contributed by atoms with Gasteiger partial charge >= 0.3 is 5.97 Å². The standard InChI is InChI=1S/C27H27Cl2NO3S/c1-5-33-27(32)18(4)17(3)19-8-10-20(11-9-19)25(31)30-26-16(2)6-7-22(15-34-26)21-12-13-23(28)24(29)14-21/h8-15H,5-7H2,1-4H3,(H,30,31)/b18-17+. The summed E-state index contributed by atoms with van der Waals surface area (Å²) in [7, 11) is 0. The summed E-state index contributed by atoms with van der Waals surface area (Å²) < 4.78 is 5.07. The molecule has 0 bridgehead atoms. The summed E-state index contributed by atoms with van der Waals surface area (Å²) in [5.41, 5.74) is 6.09. The van der Waals surface area contributed by atoms with Crippen molar-refractivity contribution in [2.24, 2.45) is 0 Å². The average Bonchev–Trinajstić information content (AvgIpc) is 3.01. The SMILES string of the molecule is CCOC(=O)/C(C)=C(\C)c1ccc(C(=O)NC2=C(C)CCC(c3ccc(Cl)c(Cl)c3)=CS2)cc1. The van der Waals surface area contributed by atoms with Gasteiger partial charge in [0, 0.05) is 11.1 Å². The maximum Gasteiger partial charge on any atom is 0.333 e. The van der Waals surface area contributed by atoms with Gasteiger partial charge in [-0.3, -0.25) is 4.79 Å². The zero-order valence-electron chi connectivity index (χ0n) is 19.6. The largest absolute Gasteiger partial charge is 0.463 e. The average molecular weight is 516 g/mol. The highest BCUT2D eigenvalue weighted by molar-refractivity contribution is 8.06. The van der Waals surface area contributed by atoms with E-state index < -0.39 is 0 Å². The molecule has 0 spiro atoms. The van der Waals surface area contributed by atoms with Crippen LogP contribution in [0, 0.1) is 0 Å². The third-order valence-corrected chi connectivity index (χ3v) is 7.55. The van der Waals surface area contributed by atoms with Crippen molar-refractivity contribution in [3.63, 3.8) is 0 Å². The van der Waals surface area contributed by atoms with Gasteiger partial charge in [0.15, 0.2) is 0 Å². The molecular weight excluding hydrogens is 489 g/mol. The molecule has 0 atom stereocenters. The number of amides is 1. The van der Waals surface area contributed by atoms with Gasteiger partial charge in [0.1, 0.15) is 0 Å². The van der Waals surface area contributed by atoms with Crippen molar-refractivity contribution in [3.05, 3.63) is 90.8 Å². The van der Waals surface area contributed by atoms with Crippen LogP contribution in [0.5, 0.6) is 0 Å². The highest BCUT2D eigenvalue weighted by atomic mass is 35.5. The minimum absolute atomic E-state index is 0.177. The molecule has 2 aromatic carbocycles. The Balaban J connectivity index is 1.72. The Morgan fingerprint density at radius 2 is 1.68 bits per heavy atom. The van der Waals surface area contributed by atoms with E-state index in [1.807, 2.05) is 38.1 Å². The maximum absolute atomic E-state index is 12.9. The number of carbonyl (C=O) groups is 2. The number of hydrogen-bond acceptors (Lipinski definition) is 4. The number of esters is 1. The van der Waals surface area contributed by atoms with Gasteiger partial charge in [-0.1, -0.05) is 53.2 Å². The number of benzene rings is 2. The van der Waals surface area contributed by atoms with Crippen LogP contribution in [0.3, 0.4) is 0 Å². The van der Waals surface area contributed by atoms with E-state index >= 15 is 0 Å². The van der Waals surface area contributed by atoms with Gasteiger partial charge < -0.3 is 10.1 Å². The molecule has 0 radical (unpaired) electrons. The number of allylic oxidation sites excluding steroid dienone is 3. The van der Waals surface area contributed by atoms with E-state index in [0.717, 1.165) is 45.7 Å². The Kier molecular flexibility index (Phi) is 9.06. The van der Waals surface area contributed by atoms with Crippen LogP contribution in [-0.2, 0) is 9.53 Å². The molecule has 3 rings (SSSR count). The summed E-state index contributed by atoms with van der Waals surface area (Å²) in [6.45, 7) is 7.76. The second kappa shape index (κ2) is 11.8. The Hall–Kier alpha value is -2.47. The van der Waals surface area contributed by atoms with Crippen LogP contribution < -0.4 is 5.32 Å². The highest BCUT2D eigenvalue weighted by Gasteiger charge is 2.16. The molecule has 0 aromatic heterocycles. The van der Waals surface area contributed by atoms with Crippen LogP contribution in [0.15, 0.2) is 64.0 Å². The van der Waals surface area contributed by atoms with Gasteiger partial charge in [-0.05, 0) is 98.1 Å². The summed E-state index contributed by atoms with van der Waals surface area (Å²) in [4.78, 5) is 24.9. The summed E-state index contributed by atoms with van der Waals surface area (Å²) in [5, 5.41) is 6.99. The topological polar surface area (TPSA) is 55.4 Å². The lowest BCUT2D eigenvalue weighted by Gasteiger charge is -2.11. The number of nitrogens with one attached hydrogen (secondary N) is 1. The van der Waals surface area contributed by atoms with Gasteiger partial charge in [0.2, 0.25) is 0 Å². The summed E-state index contributed by atoms with van der Waals surface area (Å²) in [5.74, 6) is -0.508. The van der Waals surface area contributed by atoms with Crippen molar-refractivity contribution in [2.75, 3.05) is 6.61 Å². The first-order valence-corrected chi connectivity index (χ1v) is 12.6. The summed E-state index contributed by atoms with van der Waals surface area (Å²) in [6, 6.07) is 12.8. The monoisotopic (exact) mass is 515 g/mol. The van der Waals surface area contributed by atoms with Crippen LogP contribution in [-0.4, -0.2) is 18.5 Å². The van der Waals surface area contributed by atoms with Crippen molar-refractivity contribution in [2.45, 2.75) is 40.5 Å². The Morgan fingerprint density at radius 3 is 2.32 bits per heavy atom. The molecule has 4 nitrogen and oxygen atoms in total. The second-order valence-electron chi connectivity index (χ2n) is 8.00. The molecule has 0 saturated heterocycles. The van der Waals surface area contributed by atoms with Crippen molar-refractivity contribution in [1.82, 2.24) is 5.32 Å². The number of carbonyl (C=O) groups excluding carboxylic acids is 2. The molecule has 1 N–H and O–H groups in total. The molecule has 2 aromatic rings. The fourth-order valence-electron chi connectivity index (χ4n) is 3.43. The van der Waals surface area contributed by atoms with Crippen molar-refractivity contribution in [3.8, 4) is 0 Å². The normalized spacial score (nSPS) is 14.7. The smallest absolute Gasteiger partial charge is 0.333 e. The van der Waals surface area contributed by atoms with Gasteiger partial charge in [-0.25, -0.2) is 4.79 Å². The lowest BCUT2D eigenvalue weighted by Crippen LogP contribution is -2.22. The predicted octanol–water partition coefficient (Wildman–Crippen LogP) is 7.88. The van der Waals surface area contributed by atoms with E-state index in [4.69, 9.17) is 27.9 Å². The molecule has 1 amide bonds. The predicted molar refractivity (Wildman–Crippen MR) is 143 cm³/mol. The molecule has 1 aliphatic rings. The van der Waals surface area contributed by atoms with Gasteiger partial charge in [0.05, 0.1) is 21.7 Å². The minimum Gasteiger partial charge on any atom is -0.463 e. The van der Waals surface area contributed by atoms with Gasteiger partial charge in [-0.15, -0.1) is 0 Å². The van der Waals surface area contributed by atoms with Crippen LogP contribution in [0.4, 0.5) is 0 Å². The quantitative estimate of drug-likeness (QED) is 0.314. The van der Waals surface area contributed by atoms with Crippen LogP contribution >= 0.6 is 35.0 Å². The number of thioether (sulfide) groups is 1. The number of ether oxygens (including phenoxy) is 1. The lowest BCUT2D eigenvalue weighted by atomic mass is 10.0. The van der Waals surface area contributed by atoms with Gasteiger partial charge in [-0.2, -0.15) is 0 Å². The maximum atomic E-state index is 12.9. The molecule has 0 saturated carbocycles. The molecule has 0 aliphatic carbocycles. The molecule has 0 unspecified atom stereocenters. The van der Waals surface area contributed by atoms with E-state index in [0.29, 0.717) is 27.8 Å². The molecule has 178 valence electrons. The van der Waals surface area contributed by atoms with Crippen LogP contribution in [0.2, 0.25) is 10.0 Å². The molecule has 1 aliphatic heterocycles. The Morgan fingerprint density at radius 1 is 1.00 bits per heavy atom. The molecule has 34 heavy (non-hydrogen) atoms. The fourth-order valence-corrected chi connectivity index (χ4v) is 4.69. The number of rotatable bonds is 6. The number of hydrogen-bond donors (Lipinski definition) is 1. The van der Waals surface area contributed by atoms with Crippen molar-refractivity contribution < 1.29 is 14.3 Å². The zero-order chi connectivity index (χ0) is 24.8. The molecule has 7 heteroatoms. The fraction of sp³-hybridized carbons (Fsp3) is 0.259. The minimum atomic E-state index is -0.331. The summed E-state index contributed by atoms with van der Waals surface area (Å²) in [6.07, 6.45) is 1.67. The molecular formula is C27H27Cl2NO3S. The molecule has 1 heterocycles. The van der Waals surface area contributed by atoms with E-state index in [-0.39, 0.29) is 11.9 Å². The van der Waals surface area contributed by atoms with Crippen molar-refractivity contribution >= 4 is 58.0 Å². The van der Waals surface area contributed by atoms with E-state index in [1.54, 1.807) is 32.0 Å². The third-order valence-electron chi connectivity index (χ3n) is 5.72. The van der Waals surface area contributed by atoms with Crippen molar-refractivity contribution in [1.29, 1.82) is 0 Å². The molecule has 0 fully saturated rings. The number of halogens is 2.